The molecule has 17 heavy (non-hydrogen) atoms. The van der Waals surface area contributed by atoms with Gasteiger partial charge in [0, 0.05) is 0 Å². The Morgan fingerprint density at radius 2 is 2.00 bits per heavy atom. The molecule has 1 aliphatic rings. The van der Waals surface area contributed by atoms with Crippen LogP contribution in [-0.2, 0) is 4.79 Å². The molecule has 1 rings (SSSR count). The average Bonchev–Trinajstić information content (AvgIpc) is 2.76. The summed E-state index contributed by atoms with van der Waals surface area (Å²) in [7, 11) is 0. The molecule has 100 valence electrons. The molecule has 1 saturated carbocycles. The summed E-state index contributed by atoms with van der Waals surface area (Å²) in [5, 5.41) is 19.0. The number of hydrogen-bond acceptors (Lipinski definition) is 3. The van der Waals surface area contributed by atoms with Crippen LogP contribution >= 0.6 is 0 Å². The van der Waals surface area contributed by atoms with Gasteiger partial charge in [0.1, 0.15) is 0 Å². The van der Waals surface area contributed by atoms with Crippen LogP contribution in [0.15, 0.2) is 0 Å². The summed E-state index contributed by atoms with van der Waals surface area (Å²) >= 11 is 0. The number of carboxylic acids is 1. The van der Waals surface area contributed by atoms with Crippen LogP contribution in [-0.4, -0.2) is 28.8 Å². The first-order valence-corrected chi connectivity index (χ1v) is 6.74. The predicted octanol–water partition coefficient (Wildman–Crippen LogP) is 1.76. The van der Waals surface area contributed by atoms with E-state index in [1.165, 1.54) is 25.7 Å². The highest BCUT2D eigenvalue weighted by Crippen LogP contribution is 2.30. The SMILES string of the molecule is NCCCC(CC(O)CC1CCCC1)C(=O)O. The second-order valence-electron chi connectivity index (χ2n) is 5.24. The van der Waals surface area contributed by atoms with E-state index in [9.17, 15) is 9.90 Å². The summed E-state index contributed by atoms with van der Waals surface area (Å²) in [6, 6.07) is 0. The maximum atomic E-state index is 11.0. The van der Waals surface area contributed by atoms with Crippen molar-refractivity contribution in [3.8, 4) is 0 Å². The normalized spacial score (nSPS) is 20.4. The zero-order valence-corrected chi connectivity index (χ0v) is 10.5. The van der Waals surface area contributed by atoms with Gasteiger partial charge in [-0.25, -0.2) is 0 Å². The Hall–Kier alpha value is -0.610. The van der Waals surface area contributed by atoms with E-state index in [4.69, 9.17) is 10.8 Å². The molecule has 1 fully saturated rings. The van der Waals surface area contributed by atoms with E-state index in [-0.39, 0.29) is 0 Å². The zero-order valence-electron chi connectivity index (χ0n) is 10.5. The van der Waals surface area contributed by atoms with Gasteiger partial charge in [0.15, 0.2) is 0 Å². The second-order valence-corrected chi connectivity index (χ2v) is 5.24. The highest BCUT2D eigenvalue weighted by atomic mass is 16.4. The van der Waals surface area contributed by atoms with Gasteiger partial charge in [-0.15, -0.1) is 0 Å². The summed E-state index contributed by atoms with van der Waals surface area (Å²) in [6.07, 6.45) is 6.88. The lowest BCUT2D eigenvalue weighted by Gasteiger charge is -2.19. The van der Waals surface area contributed by atoms with Gasteiger partial charge in [-0.05, 0) is 38.1 Å². The van der Waals surface area contributed by atoms with Crippen LogP contribution in [0, 0.1) is 11.8 Å². The summed E-state index contributed by atoms with van der Waals surface area (Å²) in [4.78, 5) is 11.0. The van der Waals surface area contributed by atoms with Crippen molar-refractivity contribution in [1.82, 2.24) is 0 Å². The fourth-order valence-corrected chi connectivity index (χ4v) is 2.76. The minimum Gasteiger partial charge on any atom is -0.481 e. The van der Waals surface area contributed by atoms with Crippen molar-refractivity contribution in [3.63, 3.8) is 0 Å². The van der Waals surface area contributed by atoms with Crippen molar-refractivity contribution in [3.05, 3.63) is 0 Å². The lowest BCUT2D eigenvalue weighted by Crippen LogP contribution is -2.23. The van der Waals surface area contributed by atoms with Gasteiger partial charge in [-0.1, -0.05) is 25.7 Å². The average molecular weight is 243 g/mol. The molecule has 0 aliphatic heterocycles. The molecular weight excluding hydrogens is 218 g/mol. The Bertz CT molecular complexity index is 227. The fraction of sp³-hybridized carbons (Fsp3) is 0.923. The van der Waals surface area contributed by atoms with E-state index in [0.29, 0.717) is 31.7 Å². The molecule has 0 aromatic carbocycles. The molecule has 0 spiro atoms. The molecular formula is C13H25NO3. The van der Waals surface area contributed by atoms with Gasteiger partial charge >= 0.3 is 5.97 Å². The van der Waals surface area contributed by atoms with Crippen LogP contribution in [0.5, 0.6) is 0 Å². The van der Waals surface area contributed by atoms with Crippen LogP contribution < -0.4 is 5.73 Å². The van der Waals surface area contributed by atoms with Crippen molar-refractivity contribution < 1.29 is 15.0 Å². The van der Waals surface area contributed by atoms with Gasteiger partial charge < -0.3 is 15.9 Å². The number of carboxylic acid groups (broad SMARTS) is 1. The van der Waals surface area contributed by atoms with E-state index in [1.807, 2.05) is 0 Å². The van der Waals surface area contributed by atoms with Crippen LogP contribution in [0.3, 0.4) is 0 Å². The van der Waals surface area contributed by atoms with Crippen molar-refractivity contribution >= 4 is 5.97 Å². The quantitative estimate of drug-likeness (QED) is 0.606. The van der Waals surface area contributed by atoms with Gasteiger partial charge in [0.25, 0.3) is 0 Å². The van der Waals surface area contributed by atoms with Crippen LogP contribution in [0.1, 0.15) is 51.4 Å². The Balaban J connectivity index is 2.29. The third-order valence-electron chi connectivity index (χ3n) is 3.74. The Labute approximate surface area is 103 Å². The van der Waals surface area contributed by atoms with Crippen LogP contribution in [0.4, 0.5) is 0 Å². The number of carbonyl (C=O) groups is 1. The molecule has 0 aromatic heterocycles. The van der Waals surface area contributed by atoms with Crippen LogP contribution in [0.2, 0.25) is 0 Å². The summed E-state index contributed by atoms with van der Waals surface area (Å²) in [5.74, 6) is -0.632. The molecule has 1 aliphatic carbocycles. The molecule has 2 atom stereocenters. The number of aliphatic carboxylic acids is 1. The lowest BCUT2D eigenvalue weighted by molar-refractivity contribution is -0.143. The van der Waals surface area contributed by atoms with E-state index in [0.717, 1.165) is 6.42 Å². The minimum atomic E-state index is -0.802. The van der Waals surface area contributed by atoms with E-state index < -0.39 is 18.0 Å². The largest absolute Gasteiger partial charge is 0.481 e. The summed E-state index contributed by atoms with van der Waals surface area (Å²) in [5.41, 5.74) is 5.38. The van der Waals surface area contributed by atoms with Gasteiger partial charge in [0.05, 0.1) is 12.0 Å². The first-order valence-electron chi connectivity index (χ1n) is 6.74. The number of aliphatic hydroxyl groups excluding tert-OH is 1. The molecule has 4 heteroatoms. The molecule has 0 heterocycles. The van der Waals surface area contributed by atoms with Crippen LogP contribution in [0.25, 0.3) is 0 Å². The van der Waals surface area contributed by atoms with Gasteiger partial charge in [0.2, 0.25) is 0 Å². The third-order valence-corrected chi connectivity index (χ3v) is 3.74. The highest BCUT2D eigenvalue weighted by molar-refractivity contribution is 5.69. The smallest absolute Gasteiger partial charge is 0.306 e. The number of aliphatic hydroxyl groups is 1. The van der Waals surface area contributed by atoms with E-state index in [2.05, 4.69) is 0 Å². The summed E-state index contributed by atoms with van der Waals surface area (Å²) in [6.45, 7) is 0.516. The fourth-order valence-electron chi connectivity index (χ4n) is 2.76. The zero-order chi connectivity index (χ0) is 12.7. The number of hydrogen-bond donors (Lipinski definition) is 3. The molecule has 0 amide bonds. The number of nitrogens with two attached hydrogens (primary N) is 1. The molecule has 4 nitrogen and oxygen atoms in total. The van der Waals surface area contributed by atoms with E-state index >= 15 is 0 Å². The second kappa shape index (κ2) is 7.67. The molecule has 0 radical (unpaired) electrons. The predicted molar refractivity (Wildman–Crippen MR) is 66.6 cm³/mol. The van der Waals surface area contributed by atoms with E-state index in [1.54, 1.807) is 0 Å². The maximum absolute atomic E-state index is 11.0. The Morgan fingerprint density at radius 1 is 1.35 bits per heavy atom. The lowest BCUT2D eigenvalue weighted by atomic mass is 9.91. The van der Waals surface area contributed by atoms with Crippen molar-refractivity contribution in [2.75, 3.05) is 6.54 Å². The standard InChI is InChI=1S/C13H25NO3/c14-7-3-6-11(13(16)17)9-12(15)8-10-4-1-2-5-10/h10-12,15H,1-9,14H2,(H,16,17). The molecule has 0 bridgehead atoms. The third kappa shape index (κ3) is 5.50. The Morgan fingerprint density at radius 3 is 2.53 bits per heavy atom. The molecule has 0 saturated heterocycles. The topological polar surface area (TPSA) is 83.5 Å². The number of rotatable bonds is 8. The molecule has 4 N–H and O–H groups in total. The van der Waals surface area contributed by atoms with Gasteiger partial charge in [-0.2, -0.15) is 0 Å². The minimum absolute atomic E-state index is 0.381. The Kier molecular flexibility index (Phi) is 6.52. The molecule has 0 aromatic rings. The first kappa shape index (κ1) is 14.5. The van der Waals surface area contributed by atoms with Gasteiger partial charge in [-0.3, -0.25) is 4.79 Å². The van der Waals surface area contributed by atoms with Crippen molar-refractivity contribution in [2.45, 2.75) is 57.5 Å². The van der Waals surface area contributed by atoms with Crippen molar-refractivity contribution in [2.24, 2.45) is 17.6 Å². The highest BCUT2D eigenvalue weighted by Gasteiger charge is 2.24. The molecule has 2 unspecified atom stereocenters. The van der Waals surface area contributed by atoms with Crippen molar-refractivity contribution in [1.29, 1.82) is 0 Å². The monoisotopic (exact) mass is 243 g/mol. The summed E-state index contributed by atoms with van der Waals surface area (Å²) < 4.78 is 0. The maximum Gasteiger partial charge on any atom is 0.306 e. The first-order chi connectivity index (χ1) is 8.13.